The second kappa shape index (κ2) is 10.5. The van der Waals surface area contributed by atoms with Crippen LogP contribution in [0.3, 0.4) is 0 Å². The first-order chi connectivity index (χ1) is 19.5. The lowest BCUT2D eigenvalue weighted by Crippen LogP contribution is -2.42. The molecule has 40 heavy (non-hydrogen) atoms. The highest BCUT2D eigenvalue weighted by Crippen LogP contribution is 2.34. The van der Waals surface area contributed by atoms with Crippen LogP contribution in [0.4, 0.5) is 17.3 Å². The summed E-state index contributed by atoms with van der Waals surface area (Å²) in [5, 5.41) is 7.49. The number of nitrogens with zero attached hydrogens (tertiary/aromatic N) is 8. The number of rotatable bonds is 6. The van der Waals surface area contributed by atoms with Gasteiger partial charge in [0, 0.05) is 43.7 Å². The molecule has 5 heterocycles. The van der Waals surface area contributed by atoms with Crippen molar-refractivity contribution in [3.63, 3.8) is 0 Å². The zero-order chi connectivity index (χ0) is 27.6. The van der Waals surface area contributed by atoms with E-state index in [9.17, 15) is 4.79 Å². The van der Waals surface area contributed by atoms with Gasteiger partial charge in [-0.2, -0.15) is 5.10 Å². The summed E-state index contributed by atoms with van der Waals surface area (Å²) in [6.07, 6.45) is 6.09. The van der Waals surface area contributed by atoms with Gasteiger partial charge in [-0.25, -0.2) is 24.5 Å². The molecule has 0 radical (unpaired) electrons. The van der Waals surface area contributed by atoms with E-state index in [-0.39, 0.29) is 12.6 Å². The largest absolute Gasteiger partial charge is 0.469 e. The lowest BCUT2D eigenvalue weighted by Gasteiger charge is -2.32. The number of aromatic nitrogens is 6. The smallest absolute Gasteiger partial charge is 0.248 e. The van der Waals surface area contributed by atoms with Gasteiger partial charge in [-0.1, -0.05) is 6.58 Å². The molecular weight excluding hydrogens is 510 g/mol. The van der Waals surface area contributed by atoms with Gasteiger partial charge in [0.15, 0.2) is 29.8 Å². The van der Waals surface area contributed by atoms with Gasteiger partial charge in [0.1, 0.15) is 29.7 Å². The van der Waals surface area contributed by atoms with Crippen molar-refractivity contribution in [2.24, 2.45) is 0 Å². The summed E-state index contributed by atoms with van der Waals surface area (Å²) in [6.45, 7) is 9.50. The average Bonchev–Trinajstić information content (AvgIpc) is 3.43. The predicted molar refractivity (Wildman–Crippen MR) is 150 cm³/mol. The van der Waals surface area contributed by atoms with Crippen LogP contribution in [0.1, 0.15) is 12.5 Å². The number of likely N-dealkylation sites (N-methyl/N-ethyl adjacent to an activating group) is 1. The number of hydrogen-bond donors (Lipinski definition) is 1. The lowest BCUT2D eigenvalue weighted by atomic mass is 10.2. The Morgan fingerprint density at radius 1 is 1.15 bits per heavy atom. The molecule has 0 spiro atoms. The molecule has 5 aromatic rings. The third-order valence-electron chi connectivity index (χ3n) is 6.66. The summed E-state index contributed by atoms with van der Waals surface area (Å²) < 4.78 is 13.8. The van der Waals surface area contributed by atoms with Gasteiger partial charge in [0.05, 0.1) is 5.52 Å². The number of hydrogen-bond acceptors (Lipinski definition) is 10. The molecule has 12 heteroatoms. The maximum atomic E-state index is 12.2. The molecule has 0 saturated heterocycles. The maximum absolute atomic E-state index is 12.2. The van der Waals surface area contributed by atoms with Crippen molar-refractivity contribution >= 4 is 39.9 Å². The van der Waals surface area contributed by atoms with E-state index in [2.05, 4.69) is 36.8 Å². The molecule has 0 unspecified atom stereocenters. The molecule has 1 N–H and O–H groups in total. The molecule has 1 amide bonds. The molecule has 0 atom stereocenters. The molecule has 0 saturated carbocycles. The minimum Gasteiger partial charge on any atom is -0.469 e. The third kappa shape index (κ3) is 4.82. The number of aryl methyl sites for hydroxylation is 1. The Morgan fingerprint density at radius 3 is 2.88 bits per heavy atom. The van der Waals surface area contributed by atoms with E-state index in [0.29, 0.717) is 59.4 Å². The summed E-state index contributed by atoms with van der Waals surface area (Å²) in [7, 11) is 0. The molecule has 4 aromatic heterocycles. The van der Waals surface area contributed by atoms with Crippen LogP contribution in [0.2, 0.25) is 0 Å². The predicted octanol–water partition coefficient (Wildman–Crippen LogP) is 4.10. The highest BCUT2D eigenvalue weighted by atomic mass is 16.5. The van der Waals surface area contributed by atoms with E-state index in [1.165, 1.54) is 18.7 Å². The second-order valence-electron chi connectivity index (χ2n) is 9.19. The zero-order valence-corrected chi connectivity index (χ0v) is 22.1. The Bertz CT molecular complexity index is 1740. The fourth-order valence-corrected chi connectivity index (χ4v) is 4.52. The standard InChI is InChI=1S/C28H27N9O3/c1-4-25(38)36-11-10-35(5-2)28-23(39-17-36)14-21-26(34-28)27(31-15-29-21)33-19-6-7-22(18(3)12-19)40-20-8-9-37-24(13-20)30-16-32-37/h4,6-9,12-16H,1,5,10-11,17H2,2-3H3,(H,29,31,33). The molecule has 1 aliphatic rings. The van der Waals surface area contributed by atoms with Crippen LogP contribution in [0.15, 0.2) is 67.9 Å². The molecule has 6 rings (SSSR count). The highest BCUT2D eigenvalue weighted by Gasteiger charge is 2.23. The van der Waals surface area contributed by atoms with Gasteiger partial charge in [-0.05, 0) is 49.8 Å². The number of anilines is 3. The number of pyridine rings is 2. The number of fused-ring (bicyclic) bond motifs is 3. The van der Waals surface area contributed by atoms with Gasteiger partial charge < -0.3 is 24.6 Å². The number of ether oxygens (including phenoxy) is 2. The van der Waals surface area contributed by atoms with Gasteiger partial charge in [-0.15, -0.1) is 0 Å². The van der Waals surface area contributed by atoms with Crippen molar-refractivity contribution in [1.82, 2.24) is 34.4 Å². The topological polar surface area (TPSA) is 123 Å². The normalized spacial score (nSPS) is 13.3. The minimum atomic E-state index is -0.176. The molecule has 0 aliphatic carbocycles. The number of benzene rings is 1. The van der Waals surface area contributed by atoms with Crippen LogP contribution in [0, 0.1) is 6.92 Å². The van der Waals surface area contributed by atoms with Crippen LogP contribution in [-0.4, -0.2) is 66.7 Å². The number of amides is 1. The quantitative estimate of drug-likeness (QED) is 0.317. The summed E-state index contributed by atoms with van der Waals surface area (Å²) >= 11 is 0. The Labute approximate surface area is 229 Å². The van der Waals surface area contributed by atoms with E-state index in [1.54, 1.807) is 15.6 Å². The SMILES string of the molecule is C=CC(=O)N1CCN(CC)c2nc3c(Nc4ccc(Oc5ccn6ncnc6c5)c(C)c4)ncnc3cc2OC1. The van der Waals surface area contributed by atoms with Crippen LogP contribution < -0.4 is 19.7 Å². The first kappa shape index (κ1) is 25.0. The van der Waals surface area contributed by atoms with E-state index < -0.39 is 0 Å². The Hall–Kier alpha value is -5.26. The van der Waals surface area contributed by atoms with Crippen LogP contribution in [0.25, 0.3) is 16.7 Å². The van der Waals surface area contributed by atoms with E-state index in [4.69, 9.17) is 14.5 Å². The highest BCUT2D eigenvalue weighted by molar-refractivity contribution is 5.90. The molecule has 0 bridgehead atoms. The minimum absolute atomic E-state index is 0.110. The fraction of sp³-hybridized carbons (Fsp3) is 0.214. The van der Waals surface area contributed by atoms with E-state index >= 15 is 0 Å². The summed E-state index contributed by atoms with van der Waals surface area (Å²) in [4.78, 5) is 33.9. The van der Waals surface area contributed by atoms with Crippen molar-refractivity contribution < 1.29 is 14.3 Å². The monoisotopic (exact) mass is 537 g/mol. The fourth-order valence-electron chi connectivity index (χ4n) is 4.52. The van der Waals surface area contributed by atoms with Gasteiger partial charge in [0.2, 0.25) is 5.91 Å². The van der Waals surface area contributed by atoms with Crippen molar-refractivity contribution in [3.8, 4) is 17.2 Å². The van der Waals surface area contributed by atoms with Crippen LogP contribution in [-0.2, 0) is 4.79 Å². The molecule has 1 aromatic carbocycles. The van der Waals surface area contributed by atoms with Crippen molar-refractivity contribution in [3.05, 3.63) is 73.5 Å². The molecular formula is C28H27N9O3. The maximum Gasteiger partial charge on any atom is 0.248 e. The van der Waals surface area contributed by atoms with E-state index in [1.807, 2.05) is 50.2 Å². The van der Waals surface area contributed by atoms with Gasteiger partial charge >= 0.3 is 0 Å². The van der Waals surface area contributed by atoms with Crippen LogP contribution in [0.5, 0.6) is 17.2 Å². The summed E-state index contributed by atoms with van der Waals surface area (Å²) in [5.41, 5.74) is 3.71. The third-order valence-corrected chi connectivity index (χ3v) is 6.66. The number of carbonyl (C=O) groups excluding carboxylic acids is 1. The van der Waals surface area contributed by atoms with Crippen molar-refractivity contribution in [2.45, 2.75) is 13.8 Å². The first-order valence-electron chi connectivity index (χ1n) is 12.8. The lowest BCUT2D eigenvalue weighted by molar-refractivity contribution is -0.128. The van der Waals surface area contributed by atoms with E-state index in [0.717, 1.165) is 17.0 Å². The summed E-state index contributed by atoms with van der Waals surface area (Å²) in [5.74, 6) is 3.03. The molecule has 0 fully saturated rings. The number of nitrogens with one attached hydrogen (secondary N) is 1. The molecule has 202 valence electrons. The second-order valence-corrected chi connectivity index (χ2v) is 9.19. The number of carbonyl (C=O) groups is 1. The molecule has 12 nitrogen and oxygen atoms in total. The zero-order valence-electron chi connectivity index (χ0n) is 22.1. The van der Waals surface area contributed by atoms with Crippen LogP contribution >= 0.6 is 0 Å². The Kier molecular flexibility index (Phi) is 6.56. The Morgan fingerprint density at radius 2 is 2.05 bits per heavy atom. The van der Waals surface area contributed by atoms with Gasteiger partial charge in [0.25, 0.3) is 0 Å². The van der Waals surface area contributed by atoms with Crippen molar-refractivity contribution in [2.75, 3.05) is 36.6 Å². The average molecular weight is 538 g/mol. The van der Waals surface area contributed by atoms with Gasteiger partial charge in [-0.3, -0.25) is 4.79 Å². The summed E-state index contributed by atoms with van der Waals surface area (Å²) in [6, 6.07) is 11.3. The van der Waals surface area contributed by atoms with Crippen molar-refractivity contribution in [1.29, 1.82) is 0 Å². The Balaban J connectivity index is 1.27. The molecule has 1 aliphatic heterocycles. The first-order valence-corrected chi connectivity index (χ1v) is 12.8.